The molecule has 3 aliphatic rings. The molecule has 0 N–H and O–H groups in total. The van der Waals surface area contributed by atoms with Crippen LogP contribution < -0.4 is 0 Å². The standard InChI is InChI=1S/C18H31N3O2/c1-14(2)21-13-8-18(17(21)23)6-11-20(12-7-18)16(22)15-4-9-19(3)10-5-15/h14-15H,4-13H2,1-3H3. The van der Waals surface area contributed by atoms with Crippen LogP contribution in [0.5, 0.6) is 0 Å². The van der Waals surface area contributed by atoms with E-state index < -0.39 is 0 Å². The molecule has 3 heterocycles. The second-order valence-electron chi connectivity index (χ2n) is 8.03. The van der Waals surface area contributed by atoms with Gasteiger partial charge in [-0.3, -0.25) is 9.59 Å². The molecular weight excluding hydrogens is 290 g/mol. The van der Waals surface area contributed by atoms with E-state index in [0.29, 0.717) is 17.9 Å². The third kappa shape index (κ3) is 3.12. The van der Waals surface area contributed by atoms with Crippen molar-refractivity contribution in [1.82, 2.24) is 14.7 Å². The van der Waals surface area contributed by atoms with Crippen molar-refractivity contribution in [3.8, 4) is 0 Å². The highest BCUT2D eigenvalue weighted by Gasteiger charge is 2.49. The number of rotatable bonds is 2. The molecule has 3 rings (SSSR count). The molecule has 0 unspecified atom stereocenters. The second kappa shape index (κ2) is 6.42. The Morgan fingerprint density at radius 3 is 2.13 bits per heavy atom. The summed E-state index contributed by atoms with van der Waals surface area (Å²) >= 11 is 0. The largest absolute Gasteiger partial charge is 0.342 e. The minimum Gasteiger partial charge on any atom is -0.342 e. The molecule has 0 bridgehead atoms. The van der Waals surface area contributed by atoms with Crippen molar-refractivity contribution in [1.29, 1.82) is 0 Å². The Kier molecular flexibility index (Phi) is 4.68. The number of carbonyl (C=O) groups excluding carboxylic acids is 2. The first-order valence-corrected chi connectivity index (χ1v) is 9.21. The van der Waals surface area contributed by atoms with Gasteiger partial charge in [-0.15, -0.1) is 0 Å². The molecule has 3 saturated heterocycles. The number of carbonyl (C=O) groups is 2. The van der Waals surface area contributed by atoms with Crippen LogP contribution in [0.2, 0.25) is 0 Å². The van der Waals surface area contributed by atoms with Crippen molar-refractivity contribution < 1.29 is 9.59 Å². The minimum atomic E-state index is -0.173. The van der Waals surface area contributed by atoms with Crippen LogP contribution in [0.25, 0.3) is 0 Å². The molecule has 0 aromatic heterocycles. The van der Waals surface area contributed by atoms with Crippen molar-refractivity contribution >= 4 is 11.8 Å². The van der Waals surface area contributed by atoms with Gasteiger partial charge in [-0.1, -0.05) is 0 Å². The van der Waals surface area contributed by atoms with Crippen molar-refractivity contribution in [3.63, 3.8) is 0 Å². The van der Waals surface area contributed by atoms with E-state index in [9.17, 15) is 9.59 Å². The van der Waals surface area contributed by atoms with Crippen LogP contribution in [0.4, 0.5) is 0 Å². The molecule has 5 heteroatoms. The van der Waals surface area contributed by atoms with Crippen LogP contribution in [0.15, 0.2) is 0 Å². The van der Waals surface area contributed by atoms with Crippen LogP contribution in [-0.2, 0) is 9.59 Å². The van der Waals surface area contributed by atoms with Crippen molar-refractivity contribution in [2.45, 2.75) is 52.0 Å². The molecule has 0 radical (unpaired) electrons. The summed E-state index contributed by atoms with van der Waals surface area (Å²) in [4.78, 5) is 31.8. The van der Waals surface area contributed by atoms with E-state index in [2.05, 4.69) is 25.8 Å². The number of nitrogens with zero attached hydrogens (tertiary/aromatic N) is 3. The number of hydrogen-bond acceptors (Lipinski definition) is 3. The molecular formula is C18H31N3O2. The lowest BCUT2D eigenvalue weighted by molar-refractivity contribution is -0.146. The normalized spacial score (nSPS) is 26.5. The van der Waals surface area contributed by atoms with Crippen LogP contribution in [0.1, 0.15) is 46.0 Å². The summed E-state index contributed by atoms with van der Waals surface area (Å²) in [6.45, 7) is 8.66. The van der Waals surface area contributed by atoms with Crippen molar-refractivity contribution in [2.75, 3.05) is 39.8 Å². The molecule has 130 valence electrons. The summed E-state index contributed by atoms with van der Waals surface area (Å²) in [7, 11) is 2.12. The van der Waals surface area contributed by atoms with Crippen molar-refractivity contribution in [2.24, 2.45) is 11.3 Å². The molecule has 0 atom stereocenters. The van der Waals surface area contributed by atoms with E-state index in [0.717, 1.165) is 64.8 Å². The molecule has 3 fully saturated rings. The van der Waals surface area contributed by atoms with Gasteiger partial charge in [0.05, 0.1) is 5.41 Å². The first-order valence-electron chi connectivity index (χ1n) is 9.21. The summed E-state index contributed by atoms with van der Waals surface area (Å²) in [5, 5.41) is 0. The van der Waals surface area contributed by atoms with Gasteiger partial charge in [0, 0.05) is 31.6 Å². The third-order valence-corrected chi connectivity index (χ3v) is 6.27. The average Bonchev–Trinajstić information content (AvgIpc) is 2.85. The number of likely N-dealkylation sites (tertiary alicyclic amines) is 3. The fraction of sp³-hybridized carbons (Fsp3) is 0.889. The zero-order chi connectivity index (χ0) is 16.6. The zero-order valence-corrected chi connectivity index (χ0v) is 14.9. The third-order valence-electron chi connectivity index (χ3n) is 6.27. The van der Waals surface area contributed by atoms with Crippen LogP contribution in [0.3, 0.4) is 0 Å². The maximum Gasteiger partial charge on any atom is 0.229 e. The van der Waals surface area contributed by atoms with Crippen LogP contribution >= 0.6 is 0 Å². The van der Waals surface area contributed by atoms with Gasteiger partial charge < -0.3 is 14.7 Å². The van der Waals surface area contributed by atoms with Gasteiger partial charge in [0.1, 0.15) is 0 Å². The molecule has 5 nitrogen and oxygen atoms in total. The maximum atomic E-state index is 12.8. The van der Waals surface area contributed by atoms with Crippen molar-refractivity contribution in [3.05, 3.63) is 0 Å². The summed E-state index contributed by atoms with van der Waals surface area (Å²) in [6, 6.07) is 0.292. The smallest absolute Gasteiger partial charge is 0.229 e. The first-order chi connectivity index (χ1) is 10.9. The average molecular weight is 321 g/mol. The van der Waals surface area contributed by atoms with Crippen LogP contribution in [0, 0.1) is 11.3 Å². The summed E-state index contributed by atoms with van der Waals surface area (Å²) < 4.78 is 0. The lowest BCUT2D eigenvalue weighted by Gasteiger charge is -2.40. The highest BCUT2D eigenvalue weighted by molar-refractivity contribution is 5.86. The Hall–Kier alpha value is -1.10. The first kappa shape index (κ1) is 16.7. The Morgan fingerprint density at radius 2 is 1.61 bits per heavy atom. The van der Waals surface area contributed by atoms with Gasteiger partial charge in [0.2, 0.25) is 11.8 Å². The Morgan fingerprint density at radius 1 is 1.04 bits per heavy atom. The molecule has 3 aliphatic heterocycles. The monoisotopic (exact) mass is 321 g/mol. The van der Waals surface area contributed by atoms with Gasteiger partial charge in [-0.25, -0.2) is 0 Å². The lowest BCUT2D eigenvalue weighted by Crippen LogP contribution is -2.49. The predicted octanol–water partition coefficient (Wildman–Crippen LogP) is 1.58. The summed E-state index contributed by atoms with van der Waals surface area (Å²) in [5.41, 5.74) is -0.173. The number of amides is 2. The van der Waals surface area contributed by atoms with Gasteiger partial charge >= 0.3 is 0 Å². The second-order valence-corrected chi connectivity index (χ2v) is 8.03. The molecule has 23 heavy (non-hydrogen) atoms. The van der Waals surface area contributed by atoms with Gasteiger partial charge in [-0.2, -0.15) is 0 Å². The SMILES string of the molecule is CC(C)N1CCC2(CCN(C(=O)C3CCN(C)CC3)CC2)C1=O. The molecule has 0 aromatic rings. The van der Waals surface area contributed by atoms with E-state index in [1.807, 2.05) is 9.80 Å². The van der Waals surface area contributed by atoms with Crippen LogP contribution in [-0.4, -0.2) is 72.3 Å². The fourth-order valence-electron chi connectivity index (χ4n) is 4.47. The molecule has 1 spiro atoms. The van der Waals surface area contributed by atoms with E-state index in [4.69, 9.17) is 0 Å². The summed E-state index contributed by atoms with van der Waals surface area (Å²) in [6.07, 6.45) is 4.65. The Bertz CT molecular complexity index is 461. The highest BCUT2D eigenvalue weighted by atomic mass is 16.2. The number of piperidine rings is 2. The predicted molar refractivity (Wildman–Crippen MR) is 89.9 cm³/mol. The molecule has 0 aliphatic carbocycles. The van der Waals surface area contributed by atoms with Gasteiger partial charge in [-0.05, 0) is 66.1 Å². The highest BCUT2D eigenvalue weighted by Crippen LogP contribution is 2.42. The van der Waals surface area contributed by atoms with Gasteiger partial charge in [0.15, 0.2) is 0 Å². The lowest BCUT2D eigenvalue weighted by atomic mass is 9.76. The fourth-order valence-corrected chi connectivity index (χ4v) is 4.47. The van der Waals surface area contributed by atoms with E-state index >= 15 is 0 Å². The molecule has 0 aromatic carbocycles. The Balaban J connectivity index is 1.56. The van der Waals surface area contributed by atoms with E-state index in [1.54, 1.807) is 0 Å². The van der Waals surface area contributed by atoms with E-state index in [1.165, 1.54) is 0 Å². The molecule has 0 saturated carbocycles. The zero-order valence-electron chi connectivity index (χ0n) is 14.9. The molecule has 2 amide bonds. The minimum absolute atomic E-state index is 0.173. The Labute approximate surface area is 140 Å². The van der Waals surface area contributed by atoms with E-state index in [-0.39, 0.29) is 11.3 Å². The summed E-state index contributed by atoms with van der Waals surface area (Å²) in [5.74, 6) is 0.865. The number of hydrogen-bond donors (Lipinski definition) is 0. The maximum absolute atomic E-state index is 12.8. The van der Waals surface area contributed by atoms with Gasteiger partial charge in [0.25, 0.3) is 0 Å². The topological polar surface area (TPSA) is 43.9 Å². The quantitative estimate of drug-likeness (QED) is 0.775.